The number of urea groups is 1. The lowest BCUT2D eigenvalue weighted by atomic mass is 10.1. The van der Waals surface area contributed by atoms with E-state index in [1.54, 1.807) is 6.07 Å². The fraction of sp³-hybridized carbons (Fsp3) is 0.222. The molecule has 0 radical (unpaired) electrons. The zero-order valence-electron chi connectivity index (χ0n) is 14.7. The van der Waals surface area contributed by atoms with Crippen molar-refractivity contribution in [3.05, 3.63) is 57.0 Å². The fourth-order valence-electron chi connectivity index (χ4n) is 2.84. The molecule has 1 aliphatic carbocycles. The first-order valence-corrected chi connectivity index (χ1v) is 9.53. The van der Waals surface area contributed by atoms with Gasteiger partial charge in [0, 0.05) is 22.7 Å². The van der Waals surface area contributed by atoms with Crippen molar-refractivity contribution >= 4 is 35.8 Å². The maximum atomic E-state index is 11.8. The smallest absolute Gasteiger partial charge is 0.326 e. The quantitative estimate of drug-likeness (QED) is 0.183. The summed E-state index contributed by atoms with van der Waals surface area (Å²) < 4.78 is 0. The summed E-state index contributed by atoms with van der Waals surface area (Å²) in [5.41, 5.74) is 0.467. The van der Waals surface area contributed by atoms with Crippen LogP contribution >= 0.6 is 11.3 Å². The molecule has 2 fully saturated rings. The third-order valence-corrected chi connectivity index (χ3v) is 5.46. The van der Waals surface area contributed by atoms with Crippen LogP contribution in [0.2, 0.25) is 0 Å². The summed E-state index contributed by atoms with van der Waals surface area (Å²) in [4.78, 5) is 35.7. The lowest BCUT2D eigenvalue weighted by molar-refractivity contribution is -0.115. The predicted molar refractivity (Wildman–Crippen MR) is 104 cm³/mol. The van der Waals surface area contributed by atoms with Gasteiger partial charge in [-0.2, -0.15) is 0 Å². The van der Waals surface area contributed by atoms with E-state index in [4.69, 9.17) is 5.41 Å². The Morgan fingerprint density at radius 2 is 2.04 bits per heavy atom. The Bertz CT molecular complexity index is 956. The zero-order chi connectivity index (χ0) is 19.7. The van der Waals surface area contributed by atoms with Gasteiger partial charge in [-0.1, -0.05) is 0 Å². The summed E-state index contributed by atoms with van der Waals surface area (Å²) in [6.45, 7) is 0. The van der Waals surface area contributed by atoms with Gasteiger partial charge in [0.1, 0.15) is 17.3 Å². The number of rotatable bonds is 6. The molecule has 10 heteroatoms. The molecule has 1 unspecified atom stereocenters. The standard InChI is InChI=1S/C18H18N6O3S/c19-7-9(5-13-17(26)24-18(27)22-13)16-21-12(14-4-3-11(8-25)28-14)6-15(23-16)20-10-1-2-10/h3-8,10,12,19-21,23H,1-2H2,(H2,22,24,26,27)/b13-5-,16-9-,19-7?. The molecule has 1 saturated heterocycles. The molecule has 0 spiro atoms. The van der Waals surface area contributed by atoms with E-state index in [0.717, 1.165) is 36.0 Å². The Morgan fingerprint density at radius 3 is 2.64 bits per heavy atom. The van der Waals surface area contributed by atoms with Gasteiger partial charge in [0.05, 0.1) is 10.9 Å². The Labute approximate surface area is 164 Å². The maximum Gasteiger partial charge on any atom is 0.326 e. The molecule has 1 aromatic heterocycles. The number of thiophene rings is 1. The second kappa shape index (κ2) is 7.31. The van der Waals surface area contributed by atoms with Crippen molar-refractivity contribution in [2.75, 3.05) is 0 Å². The maximum absolute atomic E-state index is 11.8. The highest BCUT2D eigenvalue weighted by Gasteiger charge is 2.27. The van der Waals surface area contributed by atoms with Crippen molar-refractivity contribution < 1.29 is 14.4 Å². The number of hydrogen-bond acceptors (Lipinski definition) is 8. The van der Waals surface area contributed by atoms with E-state index in [1.807, 2.05) is 12.1 Å². The third kappa shape index (κ3) is 3.81. The average Bonchev–Trinajstić information content (AvgIpc) is 3.25. The first-order chi connectivity index (χ1) is 13.6. The highest BCUT2D eigenvalue weighted by Crippen LogP contribution is 2.28. The molecule has 3 heterocycles. The Morgan fingerprint density at radius 1 is 1.21 bits per heavy atom. The van der Waals surface area contributed by atoms with Gasteiger partial charge < -0.3 is 26.7 Å². The SMILES string of the molecule is N=CC(/C=C1\NC(=O)NC1=O)=C1\NC(NC2CC2)=CC(c2ccc(C=O)s2)N1. The largest absolute Gasteiger partial charge is 0.369 e. The fourth-order valence-corrected chi connectivity index (χ4v) is 3.69. The van der Waals surface area contributed by atoms with E-state index in [0.29, 0.717) is 22.3 Å². The topological polar surface area (TPSA) is 135 Å². The lowest BCUT2D eigenvalue weighted by Crippen LogP contribution is -2.40. The molecule has 2 aliphatic heterocycles. The van der Waals surface area contributed by atoms with Crippen LogP contribution < -0.4 is 26.6 Å². The van der Waals surface area contributed by atoms with Crippen LogP contribution in [-0.4, -0.2) is 30.5 Å². The molecule has 28 heavy (non-hydrogen) atoms. The molecule has 6 N–H and O–H groups in total. The van der Waals surface area contributed by atoms with Crippen molar-refractivity contribution in [1.29, 1.82) is 5.41 Å². The number of aldehydes is 1. The van der Waals surface area contributed by atoms with Crippen LogP contribution in [0.3, 0.4) is 0 Å². The van der Waals surface area contributed by atoms with E-state index < -0.39 is 11.9 Å². The number of carbonyl (C=O) groups is 3. The Hall–Kier alpha value is -3.40. The van der Waals surface area contributed by atoms with Crippen LogP contribution in [0.5, 0.6) is 0 Å². The number of allylic oxidation sites excluding steroid dienone is 2. The molecule has 1 aromatic rings. The number of amides is 3. The van der Waals surface area contributed by atoms with Crippen LogP contribution in [-0.2, 0) is 4.79 Å². The Balaban J connectivity index is 1.67. The number of carbonyl (C=O) groups excluding carboxylic acids is 3. The van der Waals surface area contributed by atoms with Crippen molar-refractivity contribution in [3.8, 4) is 0 Å². The average molecular weight is 398 g/mol. The van der Waals surface area contributed by atoms with Crippen LogP contribution in [0.15, 0.2) is 47.2 Å². The second-order valence-electron chi connectivity index (χ2n) is 6.54. The molecule has 9 nitrogen and oxygen atoms in total. The summed E-state index contributed by atoms with van der Waals surface area (Å²) in [6.07, 6.45) is 7.53. The second-order valence-corrected chi connectivity index (χ2v) is 7.69. The molecular formula is C18H18N6O3S. The molecule has 3 aliphatic rings. The van der Waals surface area contributed by atoms with Crippen LogP contribution in [0.25, 0.3) is 0 Å². The van der Waals surface area contributed by atoms with Gasteiger partial charge in [-0.25, -0.2) is 4.79 Å². The highest BCUT2D eigenvalue weighted by atomic mass is 32.1. The minimum Gasteiger partial charge on any atom is -0.369 e. The molecule has 4 rings (SSSR count). The Kier molecular flexibility index (Phi) is 4.70. The molecule has 144 valence electrons. The molecule has 0 bridgehead atoms. The van der Waals surface area contributed by atoms with Gasteiger partial charge >= 0.3 is 6.03 Å². The van der Waals surface area contributed by atoms with Crippen LogP contribution in [0.1, 0.15) is 33.4 Å². The van der Waals surface area contributed by atoms with Crippen molar-refractivity contribution in [3.63, 3.8) is 0 Å². The summed E-state index contributed by atoms with van der Waals surface area (Å²) in [5.74, 6) is 0.770. The number of nitrogens with one attached hydrogen (secondary N) is 6. The monoisotopic (exact) mass is 398 g/mol. The van der Waals surface area contributed by atoms with Gasteiger partial charge in [0.25, 0.3) is 5.91 Å². The summed E-state index contributed by atoms with van der Waals surface area (Å²) >= 11 is 1.38. The van der Waals surface area contributed by atoms with Crippen LogP contribution in [0.4, 0.5) is 4.79 Å². The zero-order valence-corrected chi connectivity index (χ0v) is 15.5. The summed E-state index contributed by atoms with van der Waals surface area (Å²) in [6, 6.07) is 3.25. The third-order valence-electron chi connectivity index (χ3n) is 4.36. The lowest BCUT2D eigenvalue weighted by Gasteiger charge is -2.28. The number of imide groups is 1. The first-order valence-electron chi connectivity index (χ1n) is 8.71. The minimum atomic E-state index is -0.594. The van der Waals surface area contributed by atoms with Crippen molar-refractivity contribution in [1.82, 2.24) is 26.6 Å². The minimum absolute atomic E-state index is 0.0711. The molecule has 1 saturated carbocycles. The van der Waals surface area contributed by atoms with Gasteiger partial charge in [-0.05, 0) is 37.1 Å². The molecule has 3 amide bonds. The molecule has 0 aromatic carbocycles. The van der Waals surface area contributed by atoms with E-state index in [1.165, 1.54) is 17.4 Å². The van der Waals surface area contributed by atoms with Crippen molar-refractivity contribution in [2.24, 2.45) is 0 Å². The van der Waals surface area contributed by atoms with Gasteiger partial charge in [0.2, 0.25) is 0 Å². The molecular weight excluding hydrogens is 380 g/mol. The van der Waals surface area contributed by atoms with Crippen molar-refractivity contribution in [2.45, 2.75) is 24.9 Å². The van der Waals surface area contributed by atoms with Gasteiger partial charge in [-0.15, -0.1) is 11.3 Å². The van der Waals surface area contributed by atoms with E-state index in [9.17, 15) is 14.4 Å². The normalized spacial score (nSPS) is 24.5. The predicted octanol–water partition coefficient (Wildman–Crippen LogP) is 0.972. The van der Waals surface area contributed by atoms with Gasteiger partial charge in [0.15, 0.2) is 6.29 Å². The van der Waals surface area contributed by atoms with E-state index in [2.05, 4.69) is 26.6 Å². The van der Waals surface area contributed by atoms with Gasteiger partial charge in [-0.3, -0.25) is 14.9 Å². The van der Waals surface area contributed by atoms with E-state index in [-0.39, 0.29) is 11.7 Å². The molecule has 1 atom stereocenters. The van der Waals surface area contributed by atoms with E-state index >= 15 is 0 Å². The summed E-state index contributed by atoms with van der Waals surface area (Å²) in [5, 5.41) is 22.2. The highest BCUT2D eigenvalue weighted by molar-refractivity contribution is 7.13. The number of hydrogen-bond donors (Lipinski definition) is 6. The summed E-state index contributed by atoms with van der Waals surface area (Å²) in [7, 11) is 0. The van der Waals surface area contributed by atoms with Crippen LogP contribution in [0, 0.1) is 5.41 Å². The first kappa shape index (κ1) is 18.0.